The Morgan fingerprint density at radius 1 is 1.21 bits per heavy atom. The van der Waals surface area contributed by atoms with Crippen LogP contribution in [0.2, 0.25) is 0 Å². The molecule has 0 saturated heterocycles. The van der Waals surface area contributed by atoms with Crippen molar-refractivity contribution in [3.63, 3.8) is 0 Å². The molecule has 1 saturated carbocycles. The van der Waals surface area contributed by atoms with Gasteiger partial charge in [-0.25, -0.2) is 0 Å². The molecule has 0 spiro atoms. The number of hydrogen-bond acceptors (Lipinski definition) is 3. The van der Waals surface area contributed by atoms with E-state index in [9.17, 15) is 14.4 Å². The number of nitrogens with one attached hydrogen (secondary N) is 2. The predicted octanol–water partition coefficient (Wildman–Crippen LogP) is 2.28. The maximum atomic E-state index is 12.2. The molecule has 1 aliphatic carbocycles. The zero-order chi connectivity index (χ0) is 17.5. The first-order valence-electron chi connectivity index (χ1n) is 8.87. The van der Waals surface area contributed by atoms with Gasteiger partial charge in [-0.15, -0.1) is 0 Å². The lowest BCUT2D eigenvalue weighted by Gasteiger charge is -2.20. The summed E-state index contributed by atoms with van der Waals surface area (Å²) < 4.78 is 1.48. The molecule has 1 heterocycles. The van der Waals surface area contributed by atoms with Gasteiger partial charge in [0, 0.05) is 24.8 Å². The molecular weight excluding hydrogens is 306 g/mol. The first-order chi connectivity index (χ1) is 11.5. The van der Waals surface area contributed by atoms with Crippen LogP contribution in [0.15, 0.2) is 23.1 Å². The first-order valence-corrected chi connectivity index (χ1v) is 8.87. The average molecular weight is 333 g/mol. The van der Waals surface area contributed by atoms with Crippen molar-refractivity contribution < 1.29 is 9.59 Å². The Morgan fingerprint density at radius 2 is 2.00 bits per heavy atom. The molecule has 2 amide bonds. The Kier molecular flexibility index (Phi) is 6.58. The largest absolute Gasteiger partial charge is 0.345 e. The minimum absolute atomic E-state index is 0.0967. The number of aromatic nitrogens is 1. The van der Waals surface area contributed by atoms with Gasteiger partial charge in [0.25, 0.3) is 5.56 Å². The van der Waals surface area contributed by atoms with E-state index in [-0.39, 0.29) is 11.6 Å². The van der Waals surface area contributed by atoms with Gasteiger partial charge in [-0.2, -0.15) is 0 Å². The highest BCUT2D eigenvalue weighted by atomic mass is 16.2. The third kappa shape index (κ3) is 4.69. The van der Waals surface area contributed by atoms with Crippen LogP contribution in [0.5, 0.6) is 0 Å². The third-order valence-electron chi connectivity index (χ3n) is 4.69. The molecule has 0 bridgehead atoms. The van der Waals surface area contributed by atoms with Crippen molar-refractivity contribution in [2.24, 2.45) is 5.92 Å². The van der Waals surface area contributed by atoms with E-state index >= 15 is 0 Å². The highest BCUT2D eigenvalue weighted by Crippen LogP contribution is 2.29. The van der Waals surface area contributed by atoms with Crippen LogP contribution >= 0.6 is 0 Å². The van der Waals surface area contributed by atoms with Crippen LogP contribution in [0.4, 0.5) is 5.69 Å². The zero-order valence-electron chi connectivity index (χ0n) is 14.5. The Bertz CT molecular complexity index is 639. The van der Waals surface area contributed by atoms with E-state index in [0.717, 1.165) is 38.5 Å². The summed E-state index contributed by atoms with van der Waals surface area (Å²) in [5, 5.41) is 5.44. The summed E-state index contributed by atoms with van der Waals surface area (Å²) in [4.78, 5) is 35.8. The van der Waals surface area contributed by atoms with Crippen LogP contribution in [0.25, 0.3) is 0 Å². The monoisotopic (exact) mass is 333 g/mol. The Labute approximate surface area is 142 Å². The summed E-state index contributed by atoms with van der Waals surface area (Å²) in [5.41, 5.74) is 0.315. The van der Waals surface area contributed by atoms with Crippen molar-refractivity contribution in [3.8, 4) is 0 Å². The molecule has 6 nitrogen and oxygen atoms in total. The van der Waals surface area contributed by atoms with Crippen LogP contribution in [0, 0.1) is 5.92 Å². The molecule has 2 atom stereocenters. The van der Waals surface area contributed by atoms with Crippen LogP contribution in [-0.2, 0) is 16.1 Å². The molecule has 0 aromatic carbocycles. The lowest BCUT2D eigenvalue weighted by Crippen LogP contribution is -2.43. The van der Waals surface area contributed by atoms with E-state index in [1.165, 1.54) is 16.7 Å². The molecule has 0 radical (unpaired) electrons. The molecule has 132 valence electrons. The van der Waals surface area contributed by atoms with E-state index in [0.29, 0.717) is 18.2 Å². The van der Waals surface area contributed by atoms with Gasteiger partial charge in [0.2, 0.25) is 0 Å². The number of unbranched alkanes of at least 4 members (excludes halogenated alkanes) is 1. The summed E-state index contributed by atoms with van der Waals surface area (Å²) in [5.74, 6) is -0.807. The van der Waals surface area contributed by atoms with Gasteiger partial charge in [-0.3, -0.25) is 14.4 Å². The number of rotatable bonds is 6. The summed E-state index contributed by atoms with van der Waals surface area (Å²) >= 11 is 0. The molecule has 2 N–H and O–H groups in total. The number of nitrogens with zero attached hydrogens (tertiary/aromatic N) is 1. The number of amides is 2. The third-order valence-corrected chi connectivity index (χ3v) is 4.69. The van der Waals surface area contributed by atoms with Crippen LogP contribution < -0.4 is 16.2 Å². The SMILES string of the molecule is CCCC[C@@H]1CCC[C@H]1NC(=O)C(=O)Nc1ccc(=O)n(CC)c1. The van der Waals surface area contributed by atoms with E-state index in [1.807, 2.05) is 6.92 Å². The van der Waals surface area contributed by atoms with E-state index in [2.05, 4.69) is 17.6 Å². The second-order valence-electron chi connectivity index (χ2n) is 6.41. The van der Waals surface area contributed by atoms with Crippen LogP contribution in [0.3, 0.4) is 0 Å². The number of carbonyl (C=O) groups excluding carboxylic acids is 2. The topological polar surface area (TPSA) is 80.2 Å². The van der Waals surface area contributed by atoms with Crippen LogP contribution in [-0.4, -0.2) is 22.4 Å². The number of aryl methyl sites for hydroxylation is 1. The molecule has 1 aromatic rings. The second-order valence-corrected chi connectivity index (χ2v) is 6.41. The minimum Gasteiger partial charge on any atom is -0.345 e. The smallest absolute Gasteiger partial charge is 0.313 e. The average Bonchev–Trinajstić information content (AvgIpc) is 3.01. The molecule has 24 heavy (non-hydrogen) atoms. The van der Waals surface area contributed by atoms with E-state index in [1.54, 1.807) is 6.20 Å². The van der Waals surface area contributed by atoms with Gasteiger partial charge in [0.1, 0.15) is 0 Å². The fraction of sp³-hybridized carbons (Fsp3) is 0.611. The van der Waals surface area contributed by atoms with Crippen LogP contribution in [0.1, 0.15) is 52.4 Å². The van der Waals surface area contributed by atoms with Gasteiger partial charge >= 0.3 is 11.8 Å². The van der Waals surface area contributed by atoms with Crippen molar-refractivity contribution in [3.05, 3.63) is 28.7 Å². The molecular formula is C18H27N3O3. The highest BCUT2D eigenvalue weighted by Gasteiger charge is 2.29. The number of pyridine rings is 1. The lowest BCUT2D eigenvalue weighted by atomic mass is 9.97. The number of carbonyl (C=O) groups is 2. The van der Waals surface area contributed by atoms with Crippen molar-refractivity contribution in [1.29, 1.82) is 0 Å². The summed E-state index contributed by atoms with van der Waals surface area (Å²) in [6.45, 7) is 4.51. The summed E-state index contributed by atoms with van der Waals surface area (Å²) in [7, 11) is 0. The molecule has 6 heteroatoms. The maximum absolute atomic E-state index is 12.2. The second kappa shape index (κ2) is 8.66. The van der Waals surface area contributed by atoms with Crippen molar-refractivity contribution in [2.45, 2.75) is 65.0 Å². The standard InChI is InChI=1S/C18H27N3O3/c1-3-5-7-13-8-6-9-15(13)20-18(24)17(23)19-14-10-11-16(22)21(4-2)12-14/h10-13,15H,3-9H2,1-2H3,(H,19,23)(H,20,24)/t13-,15-/m1/s1. The molecule has 1 fully saturated rings. The Balaban J connectivity index is 1.92. The van der Waals surface area contributed by atoms with Gasteiger partial charge < -0.3 is 15.2 Å². The molecule has 0 unspecified atom stereocenters. The van der Waals surface area contributed by atoms with Gasteiger partial charge in [0.05, 0.1) is 5.69 Å². The van der Waals surface area contributed by atoms with E-state index < -0.39 is 11.8 Å². The molecule has 1 aromatic heterocycles. The van der Waals surface area contributed by atoms with Gasteiger partial charge in [0.15, 0.2) is 0 Å². The zero-order valence-corrected chi connectivity index (χ0v) is 14.5. The maximum Gasteiger partial charge on any atom is 0.313 e. The Hall–Kier alpha value is -2.11. The fourth-order valence-electron chi connectivity index (χ4n) is 3.31. The first kappa shape index (κ1) is 18.2. The normalized spacial score (nSPS) is 19.9. The van der Waals surface area contributed by atoms with Gasteiger partial charge in [-0.1, -0.05) is 26.2 Å². The van der Waals surface area contributed by atoms with Gasteiger partial charge in [-0.05, 0) is 38.2 Å². The Morgan fingerprint density at radius 3 is 2.71 bits per heavy atom. The number of hydrogen-bond donors (Lipinski definition) is 2. The minimum atomic E-state index is -0.683. The molecule has 1 aliphatic rings. The van der Waals surface area contributed by atoms with Crippen molar-refractivity contribution in [1.82, 2.24) is 9.88 Å². The fourth-order valence-corrected chi connectivity index (χ4v) is 3.31. The van der Waals surface area contributed by atoms with E-state index in [4.69, 9.17) is 0 Å². The summed E-state index contributed by atoms with van der Waals surface area (Å²) in [6.07, 6.45) is 8.11. The van der Waals surface area contributed by atoms with Crippen molar-refractivity contribution in [2.75, 3.05) is 5.32 Å². The predicted molar refractivity (Wildman–Crippen MR) is 93.8 cm³/mol. The number of anilines is 1. The molecule has 0 aliphatic heterocycles. The summed E-state index contributed by atoms with van der Waals surface area (Å²) in [6, 6.07) is 2.99. The lowest BCUT2D eigenvalue weighted by molar-refractivity contribution is -0.136. The quantitative estimate of drug-likeness (QED) is 0.784. The molecule has 2 rings (SSSR count). The highest BCUT2D eigenvalue weighted by molar-refractivity contribution is 6.39. The van der Waals surface area contributed by atoms with Crippen molar-refractivity contribution >= 4 is 17.5 Å².